The molecule has 1 aromatic rings. The van der Waals surface area contributed by atoms with Crippen molar-refractivity contribution in [1.29, 1.82) is 0 Å². The van der Waals surface area contributed by atoms with Crippen molar-refractivity contribution >= 4 is 0 Å². The summed E-state index contributed by atoms with van der Waals surface area (Å²) in [5.74, 6) is 1.01. The molecule has 2 rings (SSSR count). The lowest BCUT2D eigenvalue weighted by Gasteiger charge is -2.17. The predicted molar refractivity (Wildman–Crippen MR) is 58.1 cm³/mol. The summed E-state index contributed by atoms with van der Waals surface area (Å²) in [6, 6.07) is 0.144. The van der Waals surface area contributed by atoms with Crippen molar-refractivity contribution in [3.63, 3.8) is 0 Å². The van der Waals surface area contributed by atoms with Gasteiger partial charge in [-0.1, -0.05) is 12.8 Å². The molecule has 0 spiro atoms. The Labute approximate surface area is 90.6 Å². The van der Waals surface area contributed by atoms with Gasteiger partial charge in [-0.15, -0.1) is 0 Å². The lowest BCUT2D eigenvalue weighted by molar-refractivity contribution is -0.0394. The lowest BCUT2D eigenvalue weighted by Crippen LogP contribution is -2.26. The van der Waals surface area contributed by atoms with E-state index in [4.69, 9.17) is 4.84 Å². The van der Waals surface area contributed by atoms with E-state index in [-0.39, 0.29) is 6.04 Å². The van der Waals surface area contributed by atoms with Crippen molar-refractivity contribution in [3.05, 3.63) is 18.2 Å². The first-order valence-corrected chi connectivity index (χ1v) is 5.66. The summed E-state index contributed by atoms with van der Waals surface area (Å²) in [5.41, 5.74) is 3.08. The zero-order chi connectivity index (χ0) is 10.7. The fourth-order valence-electron chi connectivity index (χ4n) is 2.05. The van der Waals surface area contributed by atoms with Gasteiger partial charge < -0.3 is 4.57 Å². The van der Waals surface area contributed by atoms with Crippen LogP contribution in [0.4, 0.5) is 0 Å². The van der Waals surface area contributed by atoms with Gasteiger partial charge in [-0.05, 0) is 19.8 Å². The Bertz CT molecular complexity index is 305. The van der Waals surface area contributed by atoms with E-state index in [9.17, 15) is 0 Å². The summed E-state index contributed by atoms with van der Waals surface area (Å²) in [7, 11) is 2.00. The number of imidazole rings is 1. The second kappa shape index (κ2) is 4.77. The molecule has 84 valence electrons. The Morgan fingerprint density at radius 3 is 2.87 bits per heavy atom. The standard InChI is InChI=1S/C11H19N3O/c1-9(11-12-7-8-14(11)2)13-15-10-5-3-4-6-10/h7-10,13H,3-6H2,1-2H3. The normalized spacial score (nSPS) is 19.6. The van der Waals surface area contributed by atoms with Crippen LogP contribution in [0.25, 0.3) is 0 Å². The van der Waals surface area contributed by atoms with Crippen LogP contribution in [0.2, 0.25) is 0 Å². The lowest BCUT2D eigenvalue weighted by atomic mass is 10.3. The summed E-state index contributed by atoms with van der Waals surface area (Å²) in [6.07, 6.45) is 9.10. The number of hydrogen-bond donors (Lipinski definition) is 1. The number of aryl methyl sites for hydroxylation is 1. The Kier molecular flexibility index (Phi) is 3.38. The number of hydroxylamine groups is 1. The minimum absolute atomic E-state index is 0.144. The molecule has 0 aromatic carbocycles. The first-order valence-electron chi connectivity index (χ1n) is 5.66. The molecule has 15 heavy (non-hydrogen) atoms. The summed E-state index contributed by atoms with van der Waals surface area (Å²) in [6.45, 7) is 2.07. The Balaban J connectivity index is 1.81. The molecule has 0 aliphatic heterocycles. The smallest absolute Gasteiger partial charge is 0.127 e. The Morgan fingerprint density at radius 2 is 2.27 bits per heavy atom. The molecule has 1 atom stereocenters. The first-order chi connectivity index (χ1) is 7.27. The van der Waals surface area contributed by atoms with Gasteiger partial charge in [-0.25, -0.2) is 4.98 Å². The van der Waals surface area contributed by atoms with Gasteiger partial charge in [0.2, 0.25) is 0 Å². The number of nitrogens with one attached hydrogen (secondary N) is 1. The second-order valence-electron chi connectivity index (χ2n) is 4.26. The molecule has 1 unspecified atom stereocenters. The molecule has 0 amide bonds. The molecule has 1 fully saturated rings. The minimum Gasteiger partial charge on any atom is -0.337 e. The first kappa shape index (κ1) is 10.6. The highest BCUT2D eigenvalue weighted by Crippen LogP contribution is 2.21. The van der Waals surface area contributed by atoms with E-state index in [2.05, 4.69) is 17.4 Å². The fraction of sp³-hybridized carbons (Fsp3) is 0.727. The topological polar surface area (TPSA) is 39.1 Å². The quantitative estimate of drug-likeness (QED) is 0.770. The van der Waals surface area contributed by atoms with Crippen LogP contribution in [0, 0.1) is 0 Å². The highest BCUT2D eigenvalue weighted by molar-refractivity contribution is 4.95. The summed E-state index contributed by atoms with van der Waals surface area (Å²) < 4.78 is 2.01. The van der Waals surface area contributed by atoms with Gasteiger partial charge in [0.15, 0.2) is 0 Å². The van der Waals surface area contributed by atoms with Crippen molar-refractivity contribution < 1.29 is 4.84 Å². The monoisotopic (exact) mass is 209 g/mol. The van der Waals surface area contributed by atoms with Gasteiger partial charge in [0.1, 0.15) is 5.82 Å². The molecule has 4 nitrogen and oxygen atoms in total. The largest absolute Gasteiger partial charge is 0.337 e. The summed E-state index contributed by atoms with van der Waals surface area (Å²) >= 11 is 0. The van der Waals surface area contributed by atoms with Crippen molar-refractivity contribution in [3.8, 4) is 0 Å². The van der Waals surface area contributed by atoms with Gasteiger partial charge in [0, 0.05) is 19.4 Å². The van der Waals surface area contributed by atoms with Crippen LogP contribution in [-0.2, 0) is 11.9 Å². The van der Waals surface area contributed by atoms with E-state index < -0.39 is 0 Å². The average Bonchev–Trinajstić information content (AvgIpc) is 2.84. The third-order valence-corrected chi connectivity index (χ3v) is 2.96. The summed E-state index contributed by atoms with van der Waals surface area (Å²) in [4.78, 5) is 9.92. The highest BCUT2D eigenvalue weighted by Gasteiger charge is 2.17. The molecule has 1 aromatic heterocycles. The van der Waals surface area contributed by atoms with Crippen LogP contribution in [-0.4, -0.2) is 15.7 Å². The van der Waals surface area contributed by atoms with E-state index in [1.165, 1.54) is 25.7 Å². The number of aromatic nitrogens is 2. The molecule has 1 saturated carbocycles. The number of rotatable bonds is 4. The van der Waals surface area contributed by atoms with Gasteiger partial charge in [-0.2, -0.15) is 5.48 Å². The molecule has 0 radical (unpaired) electrons. The molecule has 0 saturated heterocycles. The highest BCUT2D eigenvalue weighted by atomic mass is 16.7. The average molecular weight is 209 g/mol. The van der Waals surface area contributed by atoms with Crippen LogP contribution in [0.15, 0.2) is 12.4 Å². The van der Waals surface area contributed by atoms with E-state index >= 15 is 0 Å². The van der Waals surface area contributed by atoms with Crippen LogP contribution in [0.3, 0.4) is 0 Å². The van der Waals surface area contributed by atoms with Gasteiger partial charge in [-0.3, -0.25) is 4.84 Å². The van der Waals surface area contributed by atoms with Crippen molar-refractivity contribution in [2.45, 2.75) is 44.8 Å². The molecule has 0 bridgehead atoms. The number of hydrogen-bond acceptors (Lipinski definition) is 3. The van der Waals surface area contributed by atoms with Crippen molar-refractivity contribution in [1.82, 2.24) is 15.0 Å². The molecule has 1 aliphatic carbocycles. The zero-order valence-corrected chi connectivity index (χ0v) is 9.44. The van der Waals surface area contributed by atoms with E-state index in [1.54, 1.807) is 0 Å². The maximum absolute atomic E-state index is 5.64. The van der Waals surface area contributed by atoms with Gasteiger partial charge in [0.05, 0.1) is 12.1 Å². The van der Waals surface area contributed by atoms with E-state index in [0.717, 1.165) is 5.82 Å². The molecule has 1 N–H and O–H groups in total. The predicted octanol–water partition coefficient (Wildman–Crippen LogP) is 1.94. The van der Waals surface area contributed by atoms with Crippen LogP contribution < -0.4 is 5.48 Å². The molecule has 4 heteroatoms. The maximum atomic E-state index is 5.64. The van der Waals surface area contributed by atoms with Crippen molar-refractivity contribution in [2.75, 3.05) is 0 Å². The third kappa shape index (κ3) is 2.58. The van der Waals surface area contributed by atoms with Gasteiger partial charge in [0.25, 0.3) is 0 Å². The van der Waals surface area contributed by atoms with Crippen LogP contribution in [0.5, 0.6) is 0 Å². The number of nitrogens with zero attached hydrogens (tertiary/aromatic N) is 2. The van der Waals surface area contributed by atoms with Gasteiger partial charge >= 0.3 is 0 Å². The van der Waals surface area contributed by atoms with Crippen LogP contribution in [0.1, 0.15) is 44.5 Å². The second-order valence-corrected chi connectivity index (χ2v) is 4.26. The summed E-state index contributed by atoms with van der Waals surface area (Å²) in [5, 5.41) is 0. The maximum Gasteiger partial charge on any atom is 0.127 e. The molecular formula is C11H19N3O. The fourth-order valence-corrected chi connectivity index (χ4v) is 2.05. The van der Waals surface area contributed by atoms with Crippen molar-refractivity contribution in [2.24, 2.45) is 7.05 Å². The molecular weight excluding hydrogens is 190 g/mol. The zero-order valence-electron chi connectivity index (χ0n) is 9.44. The molecule has 1 aliphatic rings. The van der Waals surface area contributed by atoms with E-state index in [1.807, 2.05) is 24.0 Å². The minimum atomic E-state index is 0.144. The Morgan fingerprint density at radius 1 is 1.53 bits per heavy atom. The molecule has 1 heterocycles. The third-order valence-electron chi connectivity index (χ3n) is 2.96. The SMILES string of the molecule is CC(NOC1CCCC1)c1nccn1C. The Hall–Kier alpha value is -0.870. The van der Waals surface area contributed by atoms with Crippen LogP contribution >= 0.6 is 0 Å². The van der Waals surface area contributed by atoms with E-state index in [0.29, 0.717) is 6.10 Å².